The fraction of sp³-hybridized carbons (Fsp3) is 0.321. The zero-order valence-electron chi connectivity index (χ0n) is 21.1. The lowest BCUT2D eigenvalue weighted by Crippen LogP contribution is -2.42. The summed E-state index contributed by atoms with van der Waals surface area (Å²) < 4.78 is 5.29. The first-order chi connectivity index (χ1) is 17.5. The molecule has 0 saturated heterocycles. The van der Waals surface area contributed by atoms with Gasteiger partial charge in [-0.2, -0.15) is 0 Å². The third kappa shape index (κ3) is 5.72. The zero-order chi connectivity index (χ0) is 25.5. The van der Waals surface area contributed by atoms with Gasteiger partial charge < -0.3 is 15.0 Å². The number of aromatic nitrogens is 1. The number of fused-ring (bicyclic) bond motifs is 2. The average molecular weight is 488 g/mol. The van der Waals surface area contributed by atoms with E-state index in [1.54, 1.807) is 48.5 Å². The summed E-state index contributed by atoms with van der Waals surface area (Å²) in [6, 6.07) is 18.6. The Kier molecular flexibility index (Phi) is 8.30. The maximum absolute atomic E-state index is 13.9. The third-order valence-electron chi connectivity index (χ3n) is 6.44. The Morgan fingerprint density at radius 3 is 2.42 bits per heavy atom. The topological polar surface area (TPSA) is 78.0 Å². The van der Waals surface area contributed by atoms with Crippen molar-refractivity contribution in [2.45, 2.75) is 20.4 Å². The molecule has 1 N–H and O–H groups in total. The van der Waals surface area contributed by atoms with E-state index in [2.05, 4.69) is 33.9 Å². The lowest BCUT2D eigenvalue weighted by Gasteiger charge is -2.29. The van der Waals surface area contributed by atoms with Crippen molar-refractivity contribution in [3.05, 3.63) is 78.0 Å². The molecule has 4 rings (SSSR count). The molecule has 3 aromatic rings. The summed E-state index contributed by atoms with van der Waals surface area (Å²) in [6.07, 6.45) is 1.63. The molecule has 2 heterocycles. The highest BCUT2D eigenvalue weighted by atomic mass is 16.5. The van der Waals surface area contributed by atoms with E-state index in [0.717, 1.165) is 37.5 Å². The van der Waals surface area contributed by atoms with Gasteiger partial charge in [-0.15, -0.1) is 0 Å². The highest BCUT2D eigenvalue weighted by Crippen LogP contribution is 2.36. The number of nitrogens with zero attached hydrogens (tertiary/aromatic N) is 4. The van der Waals surface area contributed by atoms with Crippen molar-refractivity contribution in [1.29, 1.82) is 0 Å². The molecule has 1 aliphatic heterocycles. The molecule has 0 atom stereocenters. The van der Waals surface area contributed by atoms with Gasteiger partial charge >= 0.3 is 0 Å². The van der Waals surface area contributed by atoms with Crippen LogP contribution in [0.15, 0.2) is 66.9 Å². The minimum Gasteiger partial charge on any atom is -0.497 e. The van der Waals surface area contributed by atoms with Crippen LogP contribution in [0.25, 0.3) is 0 Å². The van der Waals surface area contributed by atoms with Crippen LogP contribution in [0, 0.1) is 0 Å². The molecule has 2 aromatic carbocycles. The molecule has 1 aliphatic rings. The number of carbonyl (C=O) groups is 2. The summed E-state index contributed by atoms with van der Waals surface area (Å²) in [5, 5.41) is 2.90. The van der Waals surface area contributed by atoms with Crippen molar-refractivity contribution in [1.82, 2.24) is 14.8 Å². The van der Waals surface area contributed by atoms with E-state index in [9.17, 15) is 9.59 Å². The molecule has 36 heavy (non-hydrogen) atoms. The summed E-state index contributed by atoms with van der Waals surface area (Å²) in [6.45, 7) is 8.54. The number of benzene rings is 2. The fourth-order valence-electron chi connectivity index (χ4n) is 4.38. The fourth-order valence-corrected chi connectivity index (χ4v) is 4.38. The summed E-state index contributed by atoms with van der Waals surface area (Å²) >= 11 is 0. The molecule has 0 unspecified atom stereocenters. The lowest BCUT2D eigenvalue weighted by molar-refractivity contribution is -0.119. The molecule has 0 bridgehead atoms. The van der Waals surface area contributed by atoms with Crippen LogP contribution in [0.2, 0.25) is 0 Å². The first-order valence-electron chi connectivity index (χ1n) is 12.3. The number of nitrogens with one attached hydrogen (secondary N) is 1. The molecular formula is C28H33N5O3. The summed E-state index contributed by atoms with van der Waals surface area (Å²) in [5.41, 5.74) is 2.57. The Morgan fingerprint density at radius 2 is 1.69 bits per heavy atom. The summed E-state index contributed by atoms with van der Waals surface area (Å²) in [7, 11) is 1.65. The highest BCUT2D eigenvalue weighted by molar-refractivity contribution is 6.17. The van der Waals surface area contributed by atoms with E-state index in [-0.39, 0.29) is 18.4 Å². The molecular weight excluding hydrogens is 454 g/mol. The second-order valence-electron chi connectivity index (χ2n) is 8.66. The van der Waals surface area contributed by atoms with E-state index in [1.807, 2.05) is 30.3 Å². The lowest BCUT2D eigenvalue weighted by atomic mass is 10.1. The Bertz CT molecular complexity index is 1190. The Hall–Kier alpha value is -3.75. The van der Waals surface area contributed by atoms with Crippen molar-refractivity contribution >= 4 is 29.0 Å². The number of hydrogen-bond donors (Lipinski definition) is 1. The first-order valence-corrected chi connectivity index (χ1v) is 12.3. The Labute approximate surface area is 212 Å². The summed E-state index contributed by atoms with van der Waals surface area (Å²) in [5.74, 6) is 0.818. The van der Waals surface area contributed by atoms with Gasteiger partial charge in [-0.3, -0.25) is 19.4 Å². The first kappa shape index (κ1) is 25.3. The van der Waals surface area contributed by atoms with Crippen LogP contribution in [-0.2, 0) is 11.3 Å². The number of ether oxygens (including phenoxy) is 1. The quantitative estimate of drug-likeness (QED) is 0.463. The normalized spacial score (nSPS) is 12.7. The number of carbonyl (C=O) groups excluding carboxylic acids is 2. The van der Waals surface area contributed by atoms with Crippen LogP contribution in [0.3, 0.4) is 0 Å². The van der Waals surface area contributed by atoms with E-state index in [1.165, 1.54) is 0 Å². The second kappa shape index (κ2) is 11.8. The number of anilines is 3. The van der Waals surface area contributed by atoms with Crippen molar-refractivity contribution in [2.75, 3.05) is 50.1 Å². The van der Waals surface area contributed by atoms with E-state index >= 15 is 0 Å². The number of likely N-dealkylation sites (N-methyl/N-ethyl adjacent to an activating group) is 1. The van der Waals surface area contributed by atoms with Crippen LogP contribution in [-0.4, -0.2) is 66.4 Å². The zero-order valence-corrected chi connectivity index (χ0v) is 21.1. The smallest absolute Gasteiger partial charge is 0.257 e. The number of para-hydroxylation sites is 1. The van der Waals surface area contributed by atoms with Gasteiger partial charge in [0.1, 0.15) is 5.75 Å². The van der Waals surface area contributed by atoms with Crippen molar-refractivity contribution in [3.8, 4) is 5.75 Å². The van der Waals surface area contributed by atoms with Gasteiger partial charge in [0.25, 0.3) is 5.91 Å². The van der Waals surface area contributed by atoms with Crippen molar-refractivity contribution < 1.29 is 14.3 Å². The van der Waals surface area contributed by atoms with Gasteiger partial charge in [-0.05, 0) is 55.1 Å². The van der Waals surface area contributed by atoms with Gasteiger partial charge in [-0.1, -0.05) is 38.1 Å². The minimum absolute atomic E-state index is 0.146. The number of amides is 2. The van der Waals surface area contributed by atoms with E-state index in [4.69, 9.17) is 4.74 Å². The molecule has 0 aliphatic carbocycles. The molecule has 188 valence electrons. The molecule has 0 spiro atoms. The standard InChI is InChI=1S/C28H33N5O3/c1-4-31(5-2)17-18-32(19-21-12-14-22(36-3)15-13-21)20-26(34)33-25-11-7-6-9-23(25)28(35)30-24-10-8-16-29-27(24)33/h6-16H,4-5,17-20H2,1-3H3,(H,30,35). The van der Waals surface area contributed by atoms with Gasteiger partial charge in [0, 0.05) is 25.8 Å². The molecule has 8 heteroatoms. The van der Waals surface area contributed by atoms with Gasteiger partial charge in [0.2, 0.25) is 5.91 Å². The third-order valence-corrected chi connectivity index (χ3v) is 6.44. The SMILES string of the molecule is CCN(CC)CCN(CC(=O)N1c2ccccc2C(=O)Nc2cccnc21)Cc1ccc(OC)cc1. The van der Waals surface area contributed by atoms with Crippen LogP contribution in [0.4, 0.5) is 17.2 Å². The number of methoxy groups -OCH3 is 1. The predicted molar refractivity (Wildman–Crippen MR) is 142 cm³/mol. The van der Waals surface area contributed by atoms with Crippen LogP contribution in [0.1, 0.15) is 29.8 Å². The monoisotopic (exact) mass is 487 g/mol. The molecule has 0 radical (unpaired) electrons. The van der Waals surface area contributed by atoms with Crippen molar-refractivity contribution in [2.24, 2.45) is 0 Å². The highest BCUT2D eigenvalue weighted by Gasteiger charge is 2.31. The number of pyridine rings is 1. The molecule has 2 amide bonds. The Balaban J connectivity index is 1.64. The molecule has 0 fully saturated rings. The summed E-state index contributed by atoms with van der Waals surface area (Å²) in [4.78, 5) is 37.4. The average Bonchev–Trinajstić information content (AvgIpc) is 3.03. The van der Waals surface area contributed by atoms with E-state index in [0.29, 0.717) is 29.3 Å². The minimum atomic E-state index is -0.258. The predicted octanol–water partition coefficient (Wildman–Crippen LogP) is 4.16. The van der Waals surface area contributed by atoms with Gasteiger partial charge in [0.15, 0.2) is 5.82 Å². The van der Waals surface area contributed by atoms with Crippen molar-refractivity contribution in [3.63, 3.8) is 0 Å². The molecule has 8 nitrogen and oxygen atoms in total. The van der Waals surface area contributed by atoms with Crippen LogP contribution in [0.5, 0.6) is 5.75 Å². The van der Waals surface area contributed by atoms with E-state index < -0.39 is 0 Å². The van der Waals surface area contributed by atoms with Crippen LogP contribution >= 0.6 is 0 Å². The number of hydrogen-bond acceptors (Lipinski definition) is 6. The Morgan fingerprint density at radius 1 is 0.972 bits per heavy atom. The number of rotatable bonds is 10. The second-order valence-corrected chi connectivity index (χ2v) is 8.66. The maximum Gasteiger partial charge on any atom is 0.257 e. The maximum atomic E-state index is 13.9. The van der Waals surface area contributed by atoms with Crippen LogP contribution < -0.4 is 15.0 Å². The molecule has 1 aromatic heterocycles. The van der Waals surface area contributed by atoms with Gasteiger partial charge in [0.05, 0.1) is 30.6 Å². The largest absolute Gasteiger partial charge is 0.497 e. The molecule has 0 saturated carbocycles. The van der Waals surface area contributed by atoms with Gasteiger partial charge in [-0.25, -0.2) is 4.98 Å².